The van der Waals surface area contributed by atoms with Crippen molar-refractivity contribution in [1.29, 1.82) is 0 Å². The summed E-state index contributed by atoms with van der Waals surface area (Å²) in [6, 6.07) is 8.17. The lowest BCUT2D eigenvalue weighted by Gasteiger charge is -2.09. The van der Waals surface area contributed by atoms with Crippen LogP contribution in [0.4, 0.5) is 0 Å². The molecule has 1 aromatic carbocycles. The first kappa shape index (κ1) is 14.2. The normalized spacial score (nSPS) is 12.9. The highest BCUT2D eigenvalue weighted by molar-refractivity contribution is 7.18. The Morgan fingerprint density at radius 3 is 2.95 bits per heavy atom. The van der Waals surface area contributed by atoms with E-state index in [9.17, 15) is 5.11 Å². The van der Waals surface area contributed by atoms with Crippen molar-refractivity contribution in [3.8, 4) is 0 Å². The molecule has 0 saturated heterocycles. The lowest BCUT2D eigenvalue weighted by Crippen LogP contribution is -2.18. The van der Waals surface area contributed by atoms with Crippen molar-refractivity contribution < 1.29 is 5.11 Å². The molecule has 6 heteroatoms. The Morgan fingerprint density at radius 1 is 1.29 bits per heavy atom. The van der Waals surface area contributed by atoms with Crippen LogP contribution in [0.1, 0.15) is 24.2 Å². The number of aryl methyl sites for hydroxylation is 2. The molecule has 1 unspecified atom stereocenters. The van der Waals surface area contributed by atoms with Gasteiger partial charge in [-0.15, -0.1) is 11.3 Å². The molecule has 0 bridgehead atoms. The Balaban J connectivity index is 1.68. The van der Waals surface area contributed by atoms with Crippen LogP contribution in [-0.2, 0) is 19.4 Å². The Bertz CT molecular complexity index is 688. The minimum atomic E-state index is -0.368. The minimum absolute atomic E-state index is 0.368. The molecule has 1 atom stereocenters. The van der Waals surface area contributed by atoms with Crippen LogP contribution in [0.5, 0.6) is 0 Å². The second-order valence-electron chi connectivity index (χ2n) is 5.00. The fraction of sp³-hybridized carbons (Fsp3) is 0.400. The van der Waals surface area contributed by atoms with Crippen molar-refractivity contribution in [3.05, 3.63) is 41.4 Å². The molecule has 2 heterocycles. The van der Waals surface area contributed by atoms with Crippen LogP contribution in [0.3, 0.4) is 0 Å². The van der Waals surface area contributed by atoms with Crippen molar-refractivity contribution >= 4 is 21.6 Å². The highest BCUT2D eigenvalue weighted by Crippen LogP contribution is 2.22. The van der Waals surface area contributed by atoms with Crippen molar-refractivity contribution in [2.45, 2.75) is 38.8 Å². The molecular weight excluding hydrogens is 284 g/mol. The molecule has 21 heavy (non-hydrogen) atoms. The zero-order valence-corrected chi connectivity index (χ0v) is 12.8. The number of benzene rings is 1. The van der Waals surface area contributed by atoms with E-state index >= 15 is 0 Å². The summed E-state index contributed by atoms with van der Waals surface area (Å²) < 4.78 is 3.01. The summed E-state index contributed by atoms with van der Waals surface area (Å²) in [4.78, 5) is 8.92. The zero-order chi connectivity index (χ0) is 14.7. The first-order chi connectivity index (χ1) is 10.3. The van der Waals surface area contributed by atoms with Crippen LogP contribution in [0.15, 0.2) is 30.6 Å². The van der Waals surface area contributed by atoms with E-state index in [1.807, 2.05) is 25.1 Å². The van der Waals surface area contributed by atoms with Gasteiger partial charge in [-0.1, -0.05) is 19.1 Å². The lowest BCUT2D eigenvalue weighted by atomic mass is 10.2. The van der Waals surface area contributed by atoms with E-state index in [1.165, 1.54) is 4.70 Å². The number of aliphatic hydroxyl groups excluding tert-OH is 1. The summed E-state index contributed by atoms with van der Waals surface area (Å²) >= 11 is 1.73. The summed E-state index contributed by atoms with van der Waals surface area (Å²) in [6.45, 7) is 2.47. The lowest BCUT2D eigenvalue weighted by molar-refractivity contribution is 0.143. The number of fused-ring (bicyclic) bond motifs is 1. The molecule has 5 nitrogen and oxygen atoms in total. The molecule has 2 aromatic heterocycles. The maximum absolute atomic E-state index is 9.74. The zero-order valence-electron chi connectivity index (χ0n) is 11.9. The Kier molecular flexibility index (Phi) is 4.26. The molecule has 0 spiro atoms. The molecule has 3 aromatic rings. The van der Waals surface area contributed by atoms with Crippen molar-refractivity contribution in [2.75, 3.05) is 0 Å². The summed E-state index contributed by atoms with van der Waals surface area (Å²) in [5.41, 5.74) is 1.06. The SMILES string of the molecule is CCC(O)Cn1ncnc1CCc1nc2ccccc2s1. The molecule has 0 fully saturated rings. The van der Waals surface area contributed by atoms with Gasteiger partial charge in [0, 0.05) is 12.8 Å². The number of rotatable bonds is 6. The van der Waals surface area contributed by atoms with Crippen molar-refractivity contribution in [3.63, 3.8) is 0 Å². The van der Waals surface area contributed by atoms with E-state index in [1.54, 1.807) is 22.3 Å². The number of para-hydroxylation sites is 1. The van der Waals surface area contributed by atoms with Gasteiger partial charge >= 0.3 is 0 Å². The van der Waals surface area contributed by atoms with Gasteiger partial charge in [0.25, 0.3) is 0 Å². The Morgan fingerprint density at radius 2 is 2.14 bits per heavy atom. The molecule has 0 saturated carbocycles. The van der Waals surface area contributed by atoms with Gasteiger partial charge in [0.15, 0.2) is 0 Å². The Labute approximate surface area is 127 Å². The van der Waals surface area contributed by atoms with Gasteiger partial charge in [-0.25, -0.2) is 14.6 Å². The van der Waals surface area contributed by atoms with Crippen LogP contribution in [0.25, 0.3) is 10.2 Å². The third-order valence-corrected chi connectivity index (χ3v) is 4.55. The fourth-order valence-corrected chi connectivity index (χ4v) is 3.18. The van der Waals surface area contributed by atoms with Crippen molar-refractivity contribution in [1.82, 2.24) is 19.7 Å². The molecule has 110 valence electrons. The molecule has 3 rings (SSSR count). The van der Waals surface area contributed by atoms with E-state index in [-0.39, 0.29) is 6.10 Å². The summed E-state index contributed by atoms with van der Waals surface area (Å²) in [5, 5.41) is 15.0. The summed E-state index contributed by atoms with van der Waals surface area (Å²) in [6.07, 6.45) is 3.54. The second kappa shape index (κ2) is 6.32. The van der Waals surface area contributed by atoms with Gasteiger partial charge in [-0.2, -0.15) is 5.10 Å². The smallest absolute Gasteiger partial charge is 0.138 e. The van der Waals surface area contributed by atoms with Gasteiger partial charge in [-0.3, -0.25) is 0 Å². The first-order valence-electron chi connectivity index (χ1n) is 7.15. The maximum atomic E-state index is 9.74. The van der Waals surface area contributed by atoms with Gasteiger partial charge < -0.3 is 5.11 Å². The van der Waals surface area contributed by atoms with Crippen LogP contribution >= 0.6 is 11.3 Å². The topological polar surface area (TPSA) is 63.8 Å². The van der Waals surface area contributed by atoms with E-state index in [2.05, 4.69) is 21.1 Å². The molecule has 0 aliphatic rings. The second-order valence-corrected chi connectivity index (χ2v) is 6.11. The highest BCUT2D eigenvalue weighted by atomic mass is 32.1. The molecule has 0 radical (unpaired) electrons. The van der Waals surface area contributed by atoms with Gasteiger partial charge in [0.1, 0.15) is 12.2 Å². The quantitative estimate of drug-likeness (QED) is 0.759. The first-order valence-corrected chi connectivity index (χ1v) is 7.97. The number of nitrogens with zero attached hydrogens (tertiary/aromatic N) is 4. The third-order valence-electron chi connectivity index (χ3n) is 3.45. The van der Waals surface area contributed by atoms with E-state index in [4.69, 9.17) is 0 Å². The third kappa shape index (κ3) is 3.28. The summed E-state index contributed by atoms with van der Waals surface area (Å²) in [7, 11) is 0. The molecule has 0 amide bonds. The number of aliphatic hydroxyl groups is 1. The standard InChI is InChI=1S/C15H18N4OS/c1-2-11(20)9-19-14(16-10-17-19)7-8-15-18-12-5-3-4-6-13(12)21-15/h3-6,10-11,20H,2,7-9H2,1H3. The van der Waals surface area contributed by atoms with E-state index in [0.717, 1.165) is 35.6 Å². The fourth-order valence-electron chi connectivity index (χ4n) is 2.21. The van der Waals surface area contributed by atoms with Crippen LogP contribution in [0, 0.1) is 0 Å². The number of aromatic nitrogens is 4. The largest absolute Gasteiger partial charge is 0.391 e. The molecule has 0 aliphatic heterocycles. The van der Waals surface area contributed by atoms with Gasteiger partial charge in [-0.05, 0) is 18.6 Å². The van der Waals surface area contributed by atoms with Crippen LogP contribution in [-0.4, -0.2) is 31.0 Å². The average molecular weight is 302 g/mol. The van der Waals surface area contributed by atoms with E-state index in [0.29, 0.717) is 6.54 Å². The monoisotopic (exact) mass is 302 g/mol. The number of thiazole rings is 1. The molecule has 0 aliphatic carbocycles. The average Bonchev–Trinajstić information content (AvgIpc) is 3.10. The predicted octanol–water partition coefficient (Wildman–Crippen LogP) is 2.44. The van der Waals surface area contributed by atoms with Gasteiger partial charge in [0.05, 0.1) is 27.9 Å². The number of hydrogen-bond donors (Lipinski definition) is 1. The highest BCUT2D eigenvalue weighted by Gasteiger charge is 2.10. The summed E-state index contributed by atoms with van der Waals surface area (Å²) in [5.74, 6) is 0.904. The maximum Gasteiger partial charge on any atom is 0.138 e. The molecule has 1 N–H and O–H groups in total. The minimum Gasteiger partial charge on any atom is -0.391 e. The van der Waals surface area contributed by atoms with Crippen LogP contribution < -0.4 is 0 Å². The predicted molar refractivity (Wildman–Crippen MR) is 83.3 cm³/mol. The van der Waals surface area contributed by atoms with Gasteiger partial charge in [0.2, 0.25) is 0 Å². The number of hydrogen-bond acceptors (Lipinski definition) is 5. The van der Waals surface area contributed by atoms with Crippen molar-refractivity contribution in [2.24, 2.45) is 0 Å². The van der Waals surface area contributed by atoms with Crippen LogP contribution in [0.2, 0.25) is 0 Å². The molecular formula is C15H18N4OS. The Hall–Kier alpha value is -1.79. The van der Waals surface area contributed by atoms with E-state index < -0.39 is 0 Å².